The van der Waals surface area contributed by atoms with Gasteiger partial charge < -0.3 is 14.7 Å². The molecule has 104 valence electrons. The average Bonchev–Trinajstić information content (AvgIpc) is 3.11. The highest BCUT2D eigenvalue weighted by Crippen LogP contribution is 2.30. The van der Waals surface area contributed by atoms with Crippen molar-refractivity contribution in [1.82, 2.24) is 10.1 Å². The molecule has 0 saturated heterocycles. The van der Waals surface area contributed by atoms with Crippen LogP contribution in [0.1, 0.15) is 32.2 Å². The number of furan rings is 1. The Morgan fingerprint density at radius 3 is 2.90 bits per heavy atom. The van der Waals surface area contributed by atoms with Gasteiger partial charge in [0.2, 0.25) is 11.7 Å². The first-order chi connectivity index (χ1) is 9.70. The third kappa shape index (κ3) is 2.10. The summed E-state index contributed by atoms with van der Waals surface area (Å²) < 4.78 is 10.8. The van der Waals surface area contributed by atoms with E-state index in [9.17, 15) is 0 Å². The van der Waals surface area contributed by atoms with Crippen molar-refractivity contribution < 1.29 is 8.94 Å². The molecule has 1 aromatic carbocycles. The van der Waals surface area contributed by atoms with E-state index in [4.69, 9.17) is 14.7 Å². The van der Waals surface area contributed by atoms with Crippen molar-refractivity contribution in [3.05, 3.63) is 36.4 Å². The van der Waals surface area contributed by atoms with E-state index in [0.29, 0.717) is 17.6 Å². The molecule has 2 unspecified atom stereocenters. The number of rotatable bonds is 4. The van der Waals surface area contributed by atoms with Gasteiger partial charge in [-0.1, -0.05) is 43.6 Å². The van der Waals surface area contributed by atoms with Gasteiger partial charge in [-0.15, -0.1) is 0 Å². The summed E-state index contributed by atoms with van der Waals surface area (Å²) in [7, 11) is 0. The normalized spacial score (nSPS) is 14.6. The Balaban J connectivity index is 1.98. The lowest BCUT2D eigenvalue weighted by Crippen LogP contribution is -2.18. The highest BCUT2D eigenvalue weighted by atomic mass is 16.5. The minimum absolute atomic E-state index is 0.237. The molecule has 2 N–H and O–H groups in total. The quantitative estimate of drug-likeness (QED) is 0.785. The fourth-order valence-corrected chi connectivity index (χ4v) is 2.13. The summed E-state index contributed by atoms with van der Waals surface area (Å²) in [5.74, 6) is 1.28. The molecule has 0 radical (unpaired) electrons. The van der Waals surface area contributed by atoms with Gasteiger partial charge in [-0.2, -0.15) is 4.98 Å². The second kappa shape index (κ2) is 5.09. The monoisotopic (exact) mass is 271 g/mol. The number of hydrogen-bond donors (Lipinski definition) is 1. The molecule has 2 atom stereocenters. The van der Waals surface area contributed by atoms with Crippen molar-refractivity contribution in [2.45, 2.75) is 26.3 Å². The molecule has 0 saturated carbocycles. The molecule has 0 bridgehead atoms. The number of benzene rings is 1. The van der Waals surface area contributed by atoms with Crippen molar-refractivity contribution in [2.24, 2.45) is 11.7 Å². The smallest absolute Gasteiger partial charge is 0.244 e. The largest absolute Gasteiger partial charge is 0.464 e. The van der Waals surface area contributed by atoms with Gasteiger partial charge in [0.1, 0.15) is 11.8 Å². The van der Waals surface area contributed by atoms with Crippen LogP contribution in [-0.2, 0) is 0 Å². The fourth-order valence-electron chi connectivity index (χ4n) is 2.13. The topological polar surface area (TPSA) is 78.1 Å². The van der Waals surface area contributed by atoms with Gasteiger partial charge in [0, 0.05) is 5.39 Å². The van der Waals surface area contributed by atoms with Crippen molar-refractivity contribution in [3.63, 3.8) is 0 Å². The molecule has 5 heteroatoms. The molecular formula is C15H17N3O2. The summed E-state index contributed by atoms with van der Waals surface area (Å²) in [6, 6.07) is 7.52. The van der Waals surface area contributed by atoms with Gasteiger partial charge >= 0.3 is 0 Å². The number of hydrogen-bond acceptors (Lipinski definition) is 5. The number of nitrogens with zero attached hydrogens (tertiary/aromatic N) is 2. The van der Waals surface area contributed by atoms with Gasteiger partial charge in [0.25, 0.3) is 0 Å². The lowest BCUT2D eigenvalue weighted by molar-refractivity contribution is 0.312. The first-order valence-electron chi connectivity index (χ1n) is 6.76. The highest BCUT2D eigenvalue weighted by Gasteiger charge is 2.21. The second-order valence-electron chi connectivity index (χ2n) is 5.01. The van der Waals surface area contributed by atoms with Crippen LogP contribution < -0.4 is 5.73 Å². The number of fused-ring (bicyclic) bond motifs is 1. The maximum Gasteiger partial charge on any atom is 0.244 e. The molecule has 0 fully saturated rings. The molecule has 0 spiro atoms. The fraction of sp³-hybridized carbons (Fsp3) is 0.333. The lowest BCUT2D eigenvalue weighted by Gasteiger charge is -2.12. The zero-order valence-corrected chi connectivity index (χ0v) is 11.5. The number of aromatic nitrogens is 2. The van der Waals surface area contributed by atoms with Crippen molar-refractivity contribution in [3.8, 4) is 11.4 Å². The molecular weight excluding hydrogens is 254 g/mol. The van der Waals surface area contributed by atoms with Crippen LogP contribution in [0.25, 0.3) is 22.4 Å². The maximum atomic E-state index is 6.11. The molecule has 0 aliphatic carbocycles. The zero-order valence-electron chi connectivity index (χ0n) is 11.5. The Labute approximate surface area is 116 Å². The van der Waals surface area contributed by atoms with E-state index in [-0.39, 0.29) is 6.04 Å². The zero-order chi connectivity index (χ0) is 14.1. The van der Waals surface area contributed by atoms with Gasteiger partial charge in [-0.25, -0.2) is 0 Å². The molecule has 0 aliphatic heterocycles. The Morgan fingerprint density at radius 1 is 1.30 bits per heavy atom. The van der Waals surface area contributed by atoms with Crippen molar-refractivity contribution >= 4 is 11.0 Å². The first-order valence-corrected chi connectivity index (χ1v) is 6.76. The third-order valence-electron chi connectivity index (χ3n) is 3.71. The van der Waals surface area contributed by atoms with Crippen molar-refractivity contribution in [1.29, 1.82) is 0 Å². The molecule has 2 aromatic heterocycles. The van der Waals surface area contributed by atoms with Gasteiger partial charge in [-0.05, 0) is 12.0 Å². The second-order valence-corrected chi connectivity index (χ2v) is 5.01. The Hall–Kier alpha value is -2.14. The molecule has 0 aliphatic rings. The summed E-state index contributed by atoms with van der Waals surface area (Å²) in [5.41, 5.74) is 7.74. The van der Waals surface area contributed by atoms with Crippen LogP contribution in [0.3, 0.4) is 0 Å². The summed E-state index contributed by atoms with van der Waals surface area (Å²) in [6.07, 6.45) is 2.61. The van der Waals surface area contributed by atoms with Gasteiger partial charge in [-0.3, -0.25) is 0 Å². The summed E-state index contributed by atoms with van der Waals surface area (Å²) in [4.78, 5) is 4.41. The summed E-state index contributed by atoms with van der Waals surface area (Å²) in [5, 5.41) is 4.99. The summed E-state index contributed by atoms with van der Waals surface area (Å²) >= 11 is 0. The predicted molar refractivity (Wildman–Crippen MR) is 75.9 cm³/mol. The van der Waals surface area contributed by atoms with Crippen LogP contribution in [0.5, 0.6) is 0 Å². The minimum Gasteiger partial charge on any atom is -0.464 e. The van der Waals surface area contributed by atoms with Crippen molar-refractivity contribution in [2.75, 3.05) is 0 Å². The minimum atomic E-state index is -0.237. The first kappa shape index (κ1) is 12.9. The molecule has 0 amide bonds. The Morgan fingerprint density at radius 2 is 2.10 bits per heavy atom. The maximum absolute atomic E-state index is 6.11. The third-order valence-corrected chi connectivity index (χ3v) is 3.71. The van der Waals surface area contributed by atoms with E-state index in [1.54, 1.807) is 6.26 Å². The summed E-state index contributed by atoms with van der Waals surface area (Å²) in [6.45, 7) is 4.16. The van der Waals surface area contributed by atoms with Crippen LogP contribution in [0.15, 0.2) is 39.5 Å². The lowest BCUT2D eigenvalue weighted by atomic mass is 10.0. The number of para-hydroxylation sites is 1. The molecule has 2 heterocycles. The molecule has 3 rings (SSSR count). The van der Waals surface area contributed by atoms with E-state index in [0.717, 1.165) is 23.0 Å². The molecule has 3 aromatic rings. The van der Waals surface area contributed by atoms with Crippen LogP contribution in [0.4, 0.5) is 0 Å². The van der Waals surface area contributed by atoms with Gasteiger partial charge in [0.15, 0.2) is 0 Å². The van der Waals surface area contributed by atoms with E-state index < -0.39 is 0 Å². The van der Waals surface area contributed by atoms with E-state index >= 15 is 0 Å². The standard InChI is InChI=1S/C15H17N3O2/c1-3-9(2)13(16)15-17-14(18-20-15)11-8-19-12-7-5-4-6-10(11)12/h4-9,13H,3,16H2,1-2H3. The van der Waals surface area contributed by atoms with Crippen LogP contribution in [0.2, 0.25) is 0 Å². The predicted octanol–water partition coefficient (Wildman–Crippen LogP) is 3.53. The number of nitrogens with two attached hydrogens (primary N) is 1. The van der Waals surface area contributed by atoms with Crippen LogP contribution >= 0.6 is 0 Å². The average molecular weight is 271 g/mol. The van der Waals surface area contributed by atoms with E-state index in [1.807, 2.05) is 24.3 Å². The van der Waals surface area contributed by atoms with E-state index in [1.165, 1.54) is 0 Å². The van der Waals surface area contributed by atoms with Gasteiger partial charge in [0.05, 0.1) is 11.6 Å². The molecule has 5 nitrogen and oxygen atoms in total. The SMILES string of the molecule is CCC(C)C(N)c1nc(-c2coc3ccccc23)no1. The van der Waals surface area contributed by atoms with Crippen LogP contribution in [-0.4, -0.2) is 10.1 Å². The Bertz CT molecular complexity index is 717. The van der Waals surface area contributed by atoms with E-state index in [2.05, 4.69) is 24.0 Å². The Kier molecular flexibility index (Phi) is 3.28. The highest BCUT2D eigenvalue weighted by molar-refractivity contribution is 5.91. The molecule has 20 heavy (non-hydrogen) atoms. The van der Waals surface area contributed by atoms with Crippen LogP contribution in [0, 0.1) is 5.92 Å².